The summed E-state index contributed by atoms with van der Waals surface area (Å²) in [6.07, 6.45) is 3.67. The molecule has 5 heteroatoms. The SMILES string of the molecule is CCCNC(=O)n1cc[nH]c1=O. The number of nitrogens with one attached hydrogen (secondary N) is 2. The molecular weight excluding hydrogens is 158 g/mol. The molecule has 1 rings (SSSR count). The fourth-order valence-electron chi connectivity index (χ4n) is 0.797. The van der Waals surface area contributed by atoms with E-state index in [4.69, 9.17) is 0 Å². The predicted octanol–water partition coefficient (Wildman–Crippen LogP) is 0.144. The fourth-order valence-corrected chi connectivity index (χ4v) is 0.797. The average Bonchev–Trinajstić information content (AvgIpc) is 2.47. The molecule has 0 radical (unpaired) electrons. The van der Waals surface area contributed by atoms with Gasteiger partial charge in [0, 0.05) is 18.9 Å². The van der Waals surface area contributed by atoms with E-state index in [1.54, 1.807) is 0 Å². The molecule has 12 heavy (non-hydrogen) atoms. The number of carbonyl (C=O) groups is 1. The second-order valence-corrected chi connectivity index (χ2v) is 2.37. The number of rotatable bonds is 2. The van der Waals surface area contributed by atoms with Crippen LogP contribution in [0.4, 0.5) is 4.79 Å². The lowest BCUT2D eigenvalue weighted by atomic mass is 10.5. The molecule has 0 unspecified atom stereocenters. The first-order valence-corrected chi connectivity index (χ1v) is 3.80. The molecule has 0 aliphatic heterocycles. The maximum atomic E-state index is 11.1. The van der Waals surface area contributed by atoms with Gasteiger partial charge in [-0.1, -0.05) is 6.92 Å². The highest BCUT2D eigenvalue weighted by atomic mass is 16.2. The summed E-state index contributed by atoms with van der Waals surface area (Å²) in [7, 11) is 0. The number of nitrogens with zero attached hydrogens (tertiary/aromatic N) is 1. The van der Waals surface area contributed by atoms with Crippen LogP contribution < -0.4 is 11.0 Å². The second kappa shape index (κ2) is 3.75. The summed E-state index contributed by atoms with van der Waals surface area (Å²) in [6.45, 7) is 2.52. The Morgan fingerprint density at radius 3 is 3.00 bits per heavy atom. The highest BCUT2D eigenvalue weighted by molar-refractivity contribution is 5.76. The van der Waals surface area contributed by atoms with Crippen molar-refractivity contribution in [3.05, 3.63) is 22.9 Å². The normalized spacial score (nSPS) is 9.75. The Morgan fingerprint density at radius 1 is 1.75 bits per heavy atom. The van der Waals surface area contributed by atoms with E-state index in [1.165, 1.54) is 12.4 Å². The molecule has 1 aromatic heterocycles. The van der Waals surface area contributed by atoms with Crippen molar-refractivity contribution in [2.75, 3.05) is 6.54 Å². The molecule has 0 aliphatic carbocycles. The molecule has 1 heterocycles. The van der Waals surface area contributed by atoms with Crippen LogP contribution in [0.1, 0.15) is 13.3 Å². The maximum Gasteiger partial charge on any atom is 0.333 e. The summed E-state index contributed by atoms with van der Waals surface area (Å²) in [5.41, 5.74) is -0.413. The number of H-pyrrole nitrogens is 1. The monoisotopic (exact) mass is 169 g/mol. The third-order valence-corrected chi connectivity index (χ3v) is 1.39. The van der Waals surface area contributed by atoms with Gasteiger partial charge >= 0.3 is 11.7 Å². The van der Waals surface area contributed by atoms with Crippen LogP contribution in [0.25, 0.3) is 0 Å². The molecule has 1 amide bonds. The summed E-state index contributed by atoms with van der Waals surface area (Å²) < 4.78 is 0.996. The Labute approximate surface area is 69.4 Å². The van der Waals surface area contributed by atoms with Crippen LogP contribution in [0, 0.1) is 0 Å². The zero-order valence-electron chi connectivity index (χ0n) is 6.83. The van der Waals surface area contributed by atoms with E-state index in [9.17, 15) is 9.59 Å². The van der Waals surface area contributed by atoms with Gasteiger partial charge in [0.25, 0.3) is 0 Å². The Kier molecular flexibility index (Phi) is 2.68. The molecule has 1 aromatic rings. The molecular formula is C7H11N3O2. The molecule has 0 bridgehead atoms. The van der Waals surface area contributed by atoms with Gasteiger partial charge in [-0.25, -0.2) is 14.2 Å². The molecule has 66 valence electrons. The standard InChI is InChI=1S/C7H11N3O2/c1-2-3-8-6(11)10-5-4-9-7(10)12/h4-5H,2-3H2,1H3,(H,8,11)(H,9,12). The zero-order chi connectivity index (χ0) is 8.97. The first-order chi connectivity index (χ1) is 5.75. The Hall–Kier alpha value is -1.52. The van der Waals surface area contributed by atoms with Gasteiger partial charge in [0.2, 0.25) is 0 Å². The van der Waals surface area contributed by atoms with Crippen molar-refractivity contribution in [1.29, 1.82) is 0 Å². The molecule has 2 N–H and O–H groups in total. The largest absolute Gasteiger partial charge is 0.337 e. The molecule has 0 fully saturated rings. The van der Waals surface area contributed by atoms with Gasteiger partial charge in [0.05, 0.1) is 0 Å². The van der Waals surface area contributed by atoms with E-state index in [0.717, 1.165) is 11.0 Å². The fraction of sp³-hybridized carbons (Fsp3) is 0.429. The molecule has 0 saturated heterocycles. The predicted molar refractivity (Wildman–Crippen MR) is 44.1 cm³/mol. The lowest BCUT2D eigenvalue weighted by Gasteiger charge is -2.00. The van der Waals surface area contributed by atoms with Gasteiger partial charge in [-0.15, -0.1) is 0 Å². The summed E-state index contributed by atoms with van der Waals surface area (Å²) in [5.74, 6) is 0. The number of amides is 1. The average molecular weight is 169 g/mol. The Bertz CT molecular complexity index is 312. The van der Waals surface area contributed by atoms with Crippen molar-refractivity contribution >= 4 is 6.03 Å². The minimum Gasteiger partial charge on any atom is -0.337 e. The molecule has 0 aromatic carbocycles. The lowest BCUT2D eigenvalue weighted by Crippen LogP contribution is -2.34. The second-order valence-electron chi connectivity index (χ2n) is 2.37. The van der Waals surface area contributed by atoms with Crippen molar-refractivity contribution in [1.82, 2.24) is 14.9 Å². The zero-order valence-corrected chi connectivity index (χ0v) is 6.83. The van der Waals surface area contributed by atoms with Crippen molar-refractivity contribution in [2.24, 2.45) is 0 Å². The first-order valence-electron chi connectivity index (χ1n) is 3.80. The van der Waals surface area contributed by atoms with E-state index in [0.29, 0.717) is 6.54 Å². The summed E-state index contributed by atoms with van der Waals surface area (Å²) in [6, 6.07) is -0.386. The number of carbonyl (C=O) groups excluding carboxylic acids is 1. The minimum atomic E-state index is -0.413. The molecule has 0 saturated carbocycles. The third-order valence-electron chi connectivity index (χ3n) is 1.39. The number of hydrogen-bond acceptors (Lipinski definition) is 2. The van der Waals surface area contributed by atoms with Gasteiger partial charge < -0.3 is 10.3 Å². The van der Waals surface area contributed by atoms with E-state index < -0.39 is 5.69 Å². The summed E-state index contributed by atoms with van der Waals surface area (Å²) >= 11 is 0. The quantitative estimate of drug-likeness (QED) is 0.661. The summed E-state index contributed by atoms with van der Waals surface area (Å²) in [5, 5.41) is 2.58. The highest BCUT2D eigenvalue weighted by Crippen LogP contribution is 1.79. The van der Waals surface area contributed by atoms with Gasteiger partial charge in [0.1, 0.15) is 0 Å². The smallest absolute Gasteiger partial charge is 0.333 e. The molecule has 0 aliphatic rings. The van der Waals surface area contributed by atoms with Crippen molar-refractivity contribution in [3.63, 3.8) is 0 Å². The number of hydrogen-bond donors (Lipinski definition) is 2. The van der Waals surface area contributed by atoms with Crippen LogP contribution in [0.5, 0.6) is 0 Å². The summed E-state index contributed by atoms with van der Waals surface area (Å²) in [4.78, 5) is 24.4. The van der Waals surface area contributed by atoms with Gasteiger partial charge in [-0.3, -0.25) is 0 Å². The maximum absolute atomic E-state index is 11.1. The molecule has 5 nitrogen and oxygen atoms in total. The van der Waals surface area contributed by atoms with Crippen LogP contribution in [-0.2, 0) is 0 Å². The topological polar surface area (TPSA) is 66.9 Å². The Balaban J connectivity index is 2.66. The van der Waals surface area contributed by atoms with Crippen LogP contribution in [0.2, 0.25) is 0 Å². The van der Waals surface area contributed by atoms with E-state index in [1.807, 2.05) is 6.92 Å². The van der Waals surface area contributed by atoms with Gasteiger partial charge in [0.15, 0.2) is 0 Å². The van der Waals surface area contributed by atoms with Crippen molar-refractivity contribution in [3.8, 4) is 0 Å². The van der Waals surface area contributed by atoms with E-state index >= 15 is 0 Å². The van der Waals surface area contributed by atoms with Gasteiger partial charge in [-0.2, -0.15) is 0 Å². The highest BCUT2D eigenvalue weighted by Gasteiger charge is 2.04. The van der Waals surface area contributed by atoms with Crippen LogP contribution in [-0.4, -0.2) is 22.1 Å². The van der Waals surface area contributed by atoms with Crippen LogP contribution >= 0.6 is 0 Å². The Morgan fingerprint density at radius 2 is 2.50 bits per heavy atom. The van der Waals surface area contributed by atoms with Crippen LogP contribution in [0.15, 0.2) is 17.2 Å². The lowest BCUT2D eigenvalue weighted by molar-refractivity contribution is 0.241. The van der Waals surface area contributed by atoms with E-state index in [-0.39, 0.29) is 6.03 Å². The number of aromatic amines is 1. The number of imidazole rings is 1. The van der Waals surface area contributed by atoms with Gasteiger partial charge in [-0.05, 0) is 6.42 Å². The number of aromatic nitrogens is 2. The van der Waals surface area contributed by atoms with Crippen molar-refractivity contribution < 1.29 is 4.79 Å². The molecule has 0 spiro atoms. The first kappa shape index (κ1) is 8.58. The van der Waals surface area contributed by atoms with Crippen molar-refractivity contribution in [2.45, 2.75) is 13.3 Å². The van der Waals surface area contributed by atoms with Crippen LogP contribution in [0.3, 0.4) is 0 Å². The minimum absolute atomic E-state index is 0.386. The van der Waals surface area contributed by atoms with E-state index in [2.05, 4.69) is 10.3 Å². The third kappa shape index (κ3) is 1.75. The molecule has 0 atom stereocenters.